The zero-order valence-corrected chi connectivity index (χ0v) is 12.1. The fraction of sp³-hybridized carbons (Fsp3) is 0.857. The van der Waals surface area contributed by atoms with Gasteiger partial charge in [-0.25, -0.2) is 0 Å². The lowest BCUT2D eigenvalue weighted by Gasteiger charge is -2.37. The van der Waals surface area contributed by atoms with E-state index < -0.39 is 0 Å². The molecule has 0 radical (unpaired) electrons. The van der Waals surface area contributed by atoms with E-state index in [1.807, 2.05) is 0 Å². The third-order valence-electron chi connectivity index (χ3n) is 4.11. The number of unbranched alkanes of at least 4 members (excludes halogenated alkanes) is 1. The van der Waals surface area contributed by atoms with Gasteiger partial charge < -0.3 is 16.3 Å². The number of rotatable bonds is 6. The second-order valence-corrected chi connectivity index (χ2v) is 6.13. The van der Waals surface area contributed by atoms with E-state index in [4.69, 9.17) is 10.9 Å². The number of amides is 1. The van der Waals surface area contributed by atoms with Crippen molar-refractivity contribution in [2.24, 2.45) is 22.2 Å². The quantitative estimate of drug-likeness (QED) is 0.227. The van der Waals surface area contributed by atoms with Gasteiger partial charge in [-0.05, 0) is 31.1 Å². The van der Waals surface area contributed by atoms with Gasteiger partial charge >= 0.3 is 0 Å². The molecule has 0 aromatic carbocycles. The highest BCUT2D eigenvalue weighted by atomic mass is 16.4. The maximum atomic E-state index is 12.2. The molecule has 1 atom stereocenters. The molecule has 0 bridgehead atoms. The zero-order chi connectivity index (χ0) is 14.3. The highest BCUT2D eigenvalue weighted by Gasteiger charge is 2.36. The Balaban J connectivity index is 2.23. The van der Waals surface area contributed by atoms with Gasteiger partial charge in [0, 0.05) is 18.9 Å². The van der Waals surface area contributed by atoms with Gasteiger partial charge in [0.25, 0.3) is 0 Å². The summed E-state index contributed by atoms with van der Waals surface area (Å²) in [7, 11) is 0. The molecule has 19 heavy (non-hydrogen) atoms. The van der Waals surface area contributed by atoms with Crippen LogP contribution in [0.15, 0.2) is 5.16 Å². The first kappa shape index (κ1) is 15.8. The van der Waals surface area contributed by atoms with Crippen LogP contribution in [-0.2, 0) is 4.79 Å². The zero-order valence-electron chi connectivity index (χ0n) is 12.1. The van der Waals surface area contributed by atoms with Crippen molar-refractivity contribution in [3.63, 3.8) is 0 Å². The van der Waals surface area contributed by atoms with E-state index in [9.17, 15) is 4.79 Å². The molecule has 1 rings (SSSR count). The number of carbonyl (C=O) groups is 1. The van der Waals surface area contributed by atoms with Gasteiger partial charge in [-0.15, -0.1) is 0 Å². The van der Waals surface area contributed by atoms with Crippen molar-refractivity contribution in [1.82, 2.24) is 5.32 Å². The van der Waals surface area contributed by atoms with Gasteiger partial charge in [-0.2, -0.15) is 0 Å². The molecule has 0 aliphatic heterocycles. The number of hydrogen-bond acceptors (Lipinski definition) is 3. The van der Waals surface area contributed by atoms with Crippen LogP contribution in [0.5, 0.6) is 0 Å². The predicted octanol–water partition coefficient (Wildman–Crippen LogP) is 2.24. The molecule has 1 saturated carbocycles. The Morgan fingerprint density at radius 3 is 2.79 bits per heavy atom. The van der Waals surface area contributed by atoms with E-state index in [1.54, 1.807) is 0 Å². The van der Waals surface area contributed by atoms with Crippen LogP contribution in [0.2, 0.25) is 0 Å². The van der Waals surface area contributed by atoms with Crippen LogP contribution in [0, 0.1) is 11.3 Å². The van der Waals surface area contributed by atoms with E-state index in [-0.39, 0.29) is 23.1 Å². The van der Waals surface area contributed by atoms with Crippen molar-refractivity contribution >= 4 is 11.7 Å². The maximum absolute atomic E-state index is 12.2. The molecule has 1 fully saturated rings. The number of nitrogens with one attached hydrogen (secondary N) is 1. The fourth-order valence-corrected chi connectivity index (χ4v) is 2.80. The van der Waals surface area contributed by atoms with Crippen LogP contribution in [0.25, 0.3) is 0 Å². The number of carbonyl (C=O) groups excluding carboxylic acids is 1. The van der Waals surface area contributed by atoms with Crippen LogP contribution in [0.1, 0.15) is 58.8 Å². The van der Waals surface area contributed by atoms with Crippen LogP contribution in [-0.4, -0.2) is 23.5 Å². The lowest BCUT2D eigenvalue weighted by atomic mass is 9.68. The Morgan fingerprint density at radius 2 is 2.16 bits per heavy atom. The molecule has 0 aromatic rings. The minimum absolute atomic E-state index is 0.121. The number of oxime groups is 1. The average Bonchev–Trinajstić information content (AvgIpc) is 2.37. The normalized spacial score (nSPS) is 23.1. The van der Waals surface area contributed by atoms with Crippen molar-refractivity contribution in [3.05, 3.63) is 0 Å². The van der Waals surface area contributed by atoms with E-state index >= 15 is 0 Å². The minimum Gasteiger partial charge on any atom is -0.409 e. The topological polar surface area (TPSA) is 87.7 Å². The van der Waals surface area contributed by atoms with Gasteiger partial charge in [-0.1, -0.05) is 31.8 Å². The van der Waals surface area contributed by atoms with E-state index in [1.165, 1.54) is 6.42 Å². The van der Waals surface area contributed by atoms with Gasteiger partial charge in [0.15, 0.2) is 0 Å². The third-order valence-corrected chi connectivity index (χ3v) is 4.11. The number of nitrogens with zero attached hydrogens (tertiary/aromatic N) is 1. The predicted molar refractivity (Wildman–Crippen MR) is 76.0 cm³/mol. The molecule has 0 aromatic heterocycles. The Morgan fingerprint density at radius 1 is 1.42 bits per heavy atom. The summed E-state index contributed by atoms with van der Waals surface area (Å²) in [5.74, 6) is 0.582. The van der Waals surface area contributed by atoms with E-state index in [2.05, 4.69) is 24.3 Å². The molecule has 0 spiro atoms. The monoisotopic (exact) mass is 269 g/mol. The molecule has 0 heterocycles. The molecule has 5 nitrogen and oxygen atoms in total. The van der Waals surface area contributed by atoms with Crippen LogP contribution >= 0.6 is 0 Å². The van der Waals surface area contributed by atoms with Gasteiger partial charge in [0.1, 0.15) is 5.84 Å². The summed E-state index contributed by atoms with van der Waals surface area (Å²) in [6, 6.07) is 0. The molecule has 1 amide bonds. The second kappa shape index (κ2) is 7.36. The van der Waals surface area contributed by atoms with Crippen molar-refractivity contribution in [3.8, 4) is 0 Å². The summed E-state index contributed by atoms with van der Waals surface area (Å²) in [6.45, 7) is 5.05. The summed E-state index contributed by atoms with van der Waals surface area (Å²) in [4.78, 5) is 12.2. The smallest absolute Gasteiger partial charge is 0.223 e. The fourth-order valence-electron chi connectivity index (χ4n) is 2.80. The maximum Gasteiger partial charge on any atom is 0.223 e. The van der Waals surface area contributed by atoms with Crippen LogP contribution < -0.4 is 11.1 Å². The molecule has 1 aliphatic carbocycles. The highest BCUT2D eigenvalue weighted by Crippen LogP contribution is 2.40. The number of nitrogens with two attached hydrogens (primary N) is 1. The SMILES string of the molecule is CC1(C)CCCCC1C(=O)NCCCCC(N)=NO. The summed E-state index contributed by atoms with van der Waals surface area (Å²) in [5, 5.41) is 14.3. The standard InChI is InChI=1S/C14H27N3O2/c1-14(2)9-5-3-7-11(14)13(18)16-10-6-4-8-12(15)17-19/h11,19H,3-10H2,1-2H3,(H2,15,17)(H,16,18). The molecule has 110 valence electrons. The van der Waals surface area contributed by atoms with Gasteiger partial charge in [-0.3, -0.25) is 4.79 Å². The molecule has 0 saturated heterocycles. The number of hydrogen-bond donors (Lipinski definition) is 3. The molecule has 1 unspecified atom stereocenters. The Hall–Kier alpha value is -1.26. The van der Waals surface area contributed by atoms with Crippen molar-refractivity contribution in [1.29, 1.82) is 0 Å². The first-order valence-corrected chi connectivity index (χ1v) is 7.21. The largest absolute Gasteiger partial charge is 0.409 e. The van der Waals surface area contributed by atoms with Crippen molar-refractivity contribution in [2.75, 3.05) is 6.54 Å². The third kappa shape index (κ3) is 5.09. The number of amidine groups is 1. The summed E-state index contributed by atoms with van der Waals surface area (Å²) < 4.78 is 0. The lowest BCUT2D eigenvalue weighted by Crippen LogP contribution is -2.41. The Bertz CT molecular complexity index is 327. The first-order chi connectivity index (χ1) is 8.97. The van der Waals surface area contributed by atoms with Gasteiger partial charge in [0.2, 0.25) is 5.91 Å². The summed E-state index contributed by atoms with van der Waals surface area (Å²) in [6.07, 6.45) is 6.78. The Kier molecular flexibility index (Phi) is 6.12. The minimum atomic E-state index is 0.121. The lowest BCUT2D eigenvalue weighted by molar-refractivity contribution is -0.130. The van der Waals surface area contributed by atoms with Crippen LogP contribution in [0.4, 0.5) is 0 Å². The molecular formula is C14H27N3O2. The van der Waals surface area contributed by atoms with E-state index in [0.29, 0.717) is 13.0 Å². The molecular weight excluding hydrogens is 242 g/mol. The van der Waals surface area contributed by atoms with Crippen LogP contribution in [0.3, 0.4) is 0 Å². The molecule has 1 aliphatic rings. The molecule has 4 N–H and O–H groups in total. The van der Waals surface area contributed by atoms with Gasteiger partial charge in [0.05, 0.1) is 0 Å². The summed E-state index contributed by atoms with van der Waals surface area (Å²) >= 11 is 0. The molecule has 5 heteroatoms. The second-order valence-electron chi connectivity index (χ2n) is 6.13. The average molecular weight is 269 g/mol. The van der Waals surface area contributed by atoms with Crippen molar-refractivity contribution in [2.45, 2.75) is 58.8 Å². The first-order valence-electron chi connectivity index (χ1n) is 7.21. The Labute approximate surface area is 115 Å². The van der Waals surface area contributed by atoms with E-state index in [0.717, 1.165) is 32.1 Å². The van der Waals surface area contributed by atoms with Crippen molar-refractivity contribution < 1.29 is 10.0 Å². The highest BCUT2D eigenvalue weighted by molar-refractivity contribution is 5.80. The summed E-state index contributed by atoms with van der Waals surface area (Å²) in [5.41, 5.74) is 5.50.